The Morgan fingerprint density at radius 3 is 2.57 bits per heavy atom. The molecule has 0 N–H and O–H groups in total. The van der Waals surface area contributed by atoms with Gasteiger partial charge in [-0.1, -0.05) is 15.9 Å². The Balaban J connectivity index is 1.68. The molecule has 0 radical (unpaired) electrons. The van der Waals surface area contributed by atoms with Crippen molar-refractivity contribution in [3.8, 4) is 5.75 Å². The molecule has 0 bridgehead atoms. The van der Waals surface area contributed by atoms with Gasteiger partial charge in [-0.15, -0.1) is 0 Å². The van der Waals surface area contributed by atoms with Crippen LogP contribution in [0.3, 0.4) is 0 Å². The Kier molecular flexibility index (Phi) is 6.86. The maximum Gasteiger partial charge on any atom is 0.157 e. The standard InChI is InChI=1S/C15H19BrF2O3/c16-10-12-13(17)8-11(9-14(12)18)19-6-3-7-21-15-4-1-2-5-20-15/h8-9,15H,1-7,10H2. The Labute approximate surface area is 131 Å². The quantitative estimate of drug-likeness (QED) is 0.536. The fraction of sp³-hybridized carbons (Fsp3) is 0.600. The summed E-state index contributed by atoms with van der Waals surface area (Å²) in [6, 6.07) is 2.40. The van der Waals surface area contributed by atoms with E-state index in [0.717, 1.165) is 25.9 Å². The molecule has 0 amide bonds. The molecule has 1 heterocycles. The molecule has 1 aliphatic heterocycles. The molecule has 6 heteroatoms. The van der Waals surface area contributed by atoms with Gasteiger partial charge in [-0.05, 0) is 19.3 Å². The van der Waals surface area contributed by atoms with Crippen molar-refractivity contribution in [1.29, 1.82) is 0 Å². The molecular weight excluding hydrogens is 346 g/mol. The topological polar surface area (TPSA) is 27.7 Å². The summed E-state index contributed by atoms with van der Waals surface area (Å²) in [7, 11) is 0. The number of rotatable bonds is 7. The van der Waals surface area contributed by atoms with Crippen LogP contribution in [-0.2, 0) is 14.8 Å². The van der Waals surface area contributed by atoms with Crippen LogP contribution in [0.1, 0.15) is 31.2 Å². The van der Waals surface area contributed by atoms with Gasteiger partial charge in [0.15, 0.2) is 6.29 Å². The van der Waals surface area contributed by atoms with E-state index in [4.69, 9.17) is 14.2 Å². The van der Waals surface area contributed by atoms with Crippen LogP contribution in [0.5, 0.6) is 5.75 Å². The minimum absolute atomic E-state index is 0.0140. The van der Waals surface area contributed by atoms with Crippen LogP contribution in [0.25, 0.3) is 0 Å². The SMILES string of the molecule is Fc1cc(OCCCOC2CCCCO2)cc(F)c1CBr. The molecule has 21 heavy (non-hydrogen) atoms. The Morgan fingerprint density at radius 1 is 1.19 bits per heavy atom. The normalized spacial score (nSPS) is 18.7. The third kappa shape index (κ3) is 5.20. The number of halogens is 3. The first-order valence-corrected chi connectivity index (χ1v) is 8.22. The fourth-order valence-electron chi connectivity index (χ4n) is 2.10. The van der Waals surface area contributed by atoms with Gasteiger partial charge in [0, 0.05) is 36.1 Å². The van der Waals surface area contributed by atoms with E-state index in [2.05, 4.69) is 15.9 Å². The summed E-state index contributed by atoms with van der Waals surface area (Å²) in [4.78, 5) is 0. The van der Waals surface area contributed by atoms with Crippen molar-refractivity contribution in [1.82, 2.24) is 0 Å². The highest BCUT2D eigenvalue weighted by atomic mass is 79.9. The summed E-state index contributed by atoms with van der Waals surface area (Å²) >= 11 is 3.05. The summed E-state index contributed by atoms with van der Waals surface area (Å²) < 4.78 is 43.4. The van der Waals surface area contributed by atoms with Gasteiger partial charge < -0.3 is 14.2 Å². The molecule has 118 valence electrons. The second kappa shape index (κ2) is 8.66. The number of hydrogen-bond acceptors (Lipinski definition) is 3. The van der Waals surface area contributed by atoms with Crippen LogP contribution < -0.4 is 4.74 Å². The Morgan fingerprint density at radius 2 is 1.95 bits per heavy atom. The molecule has 1 aliphatic rings. The minimum Gasteiger partial charge on any atom is -0.493 e. The van der Waals surface area contributed by atoms with Crippen LogP contribution in [0, 0.1) is 11.6 Å². The molecule has 0 saturated carbocycles. The molecule has 1 aromatic carbocycles. The van der Waals surface area contributed by atoms with Gasteiger partial charge in [-0.2, -0.15) is 0 Å². The summed E-state index contributed by atoms with van der Waals surface area (Å²) in [6.45, 7) is 1.61. The fourth-order valence-corrected chi connectivity index (χ4v) is 2.63. The van der Waals surface area contributed by atoms with Gasteiger partial charge in [0.2, 0.25) is 0 Å². The molecule has 1 saturated heterocycles. The molecule has 2 rings (SSSR count). The van der Waals surface area contributed by atoms with Crippen LogP contribution in [0.15, 0.2) is 12.1 Å². The number of hydrogen-bond donors (Lipinski definition) is 0. The predicted octanol–water partition coefficient (Wildman–Crippen LogP) is 4.17. The largest absolute Gasteiger partial charge is 0.493 e. The van der Waals surface area contributed by atoms with Gasteiger partial charge in [0.05, 0.1) is 13.2 Å². The first kappa shape index (κ1) is 16.6. The van der Waals surface area contributed by atoms with Crippen molar-refractivity contribution in [2.45, 2.75) is 37.3 Å². The lowest BCUT2D eigenvalue weighted by molar-refractivity contribution is -0.163. The van der Waals surface area contributed by atoms with Crippen molar-refractivity contribution < 1.29 is 23.0 Å². The second-order valence-electron chi connectivity index (χ2n) is 4.87. The summed E-state index contributed by atoms with van der Waals surface area (Å²) in [5.41, 5.74) is 0.0140. The zero-order valence-corrected chi connectivity index (χ0v) is 13.3. The first-order valence-electron chi connectivity index (χ1n) is 7.10. The molecule has 0 aromatic heterocycles. The predicted molar refractivity (Wildman–Crippen MR) is 78.6 cm³/mol. The van der Waals surface area contributed by atoms with E-state index in [-0.39, 0.29) is 22.9 Å². The Bertz CT molecular complexity index is 428. The summed E-state index contributed by atoms with van der Waals surface area (Å²) in [6.07, 6.45) is 3.66. The maximum atomic E-state index is 13.5. The lowest BCUT2D eigenvalue weighted by Gasteiger charge is -2.22. The van der Waals surface area contributed by atoms with E-state index in [1.165, 1.54) is 12.1 Å². The lowest BCUT2D eigenvalue weighted by atomic mass is 10.2. The average molecular weight is 365 g/mol. The number of ether oxygens (including phenoxy) is 3. The lowest BCUT2D eigenvalue weighted by Crippen LogP contribution is -2.23. The van der Waals surface area contributed by atoms with Crippen molar-refractivity contribution in [2.24, 2.45) is 0 Å². The van der Waals surface area contributed by atoms with Crippen LogP contribution in [0.4, 0.5) is 8.78 Å². The van der Waals surface area contributed by atoms with Crippen molar-refractivity contribution in [2.75, 3.05) is 19.8 Å². The molecule has 1 aromatic rings. The van der Waals surface area contributed by atoms with Gasteiger partial charge in [0.1, 0.15) is 17.4 Å². The van der Waals surface area contributed by atoms with E-state index in [1.54, 1.807) is 0 Å². The van der Waals surface area contributed by atoms with E-state index in [1.807, 2.05) is 0 Å². The Hall–Kier alpha value is -0.720. The smallest absolute Gasteiger partial charge is 0.157 e. The molecular formula is C15H19BrF2O3. The first-order chi connectivity index (χ1) is 10.2. The number of alkyl halides is 1. The van der Waals surface area contributed by atoms with E-state index in [0.29, 0.717) is 19.6 Å². The highest BCUT2D eigenvalue weighted by molar-refractivity contribution is 9.08. The van der Waals surface area contributed by atoms with Gasteiger partial charge in [0.25, 0.3) is 0 Å². The molecule has 1 unspecified atom stereocenters. The maximum absolute atomic E-state index is 13.5. The summed E-state index contributed by atoms with van der Waals surface area (Å²) in [5, 5.41) is 0.139. The van der Waals surface area contributed by atoms with Crippen LogP contribution >= 0.6 is 15.9 Å². The molecule has 1 fully saturated rings. The zero-order chi connectivity index (χ0) is 15.1. The molecule has 0 spiro atoms. The highest BCUT2D eigenvalue weighted by Gasteiger charge is 2.14. The van der Waals surface area contributed by atoms with E-state index < -0.39 is 11.6 Å². The molecule has 0 aliphatic carbocycles. The van der Waals surface area contributed by atoms with E-state index in [9.17, 15) is 8.78 Å². The third-order valence-electron chi connectivity index (χ3n) is 3.25. The monoisotopic (exact) mass is 364 g/mol. The summed E-state index contributed by atoms with van der Waals surface area (Å²) in [5.74, 6) is -1.01. The third-order valence-corrected chi connectivity index (χ3v) is 3.81. The van der Waals surface area contributed by atoms with Crippen molar-refractivity contribution >= 4 is 15.9 Å². The van der Waals surface area contributed by atoms with Crippen LogP contribution in [-0.4, -0.2) is 26.1 Å². The van der Waals surface area contributed by atoms with E-state index >= 15 is 0 Å². The molecule has 1 atom stereocenters. The van der Waals surface area contributed by atoms with Crippen molar-refractivity contribution in [3.63, 3.8) is 0 Å². The number of benzene rings is 1. The van der Waals surface area contributed by atoms with Gasteiger partial charge in [-0.3, -0.25) is 0 Å². The van der Waals surface area contributed by atoms with Crippen molar-refractivity contribution in [3.05, 3.63) is 29.3 Å². The van der Waals surface area contributed by atoms with Crippen LogP contribution in [0.2, 0.25) is 0 Å². The second-order valence-corrected chi connectivity index (χ2v) is 5.43. The average Bonchev–Trinajstić information content (AvgIpc) is 2.48. The van der Waals surface area contributed by atoms with Gasteiger partial charge in [-0.25, -0.2) is 8.78 Å². The highest BCUT2D eigenvalue weighted by Crippen LogP contribution is 2.22. The zero-order valence-electron chi connectivity index (χ0n) is 11.7. The minimum atomic E-state index is -0.603. The molecule has 3 nitrogen and oxygen atoms in total. The van der Waals surface area contributed by atoms with Gasteiger partial charge >= 0.3 is 0 Å².